The molecule has 7 heteroatoms. The zero-order chi connectivity index (χ0) is 15.4. The fourth-order valence-electron chi connectivity index (χ4n) is 3.17. The van der Waals surface area contributed by atoms with E-state index in [0.29, 0.717) is 18.2 Å². The molecular weight excluding hydrogens is 292 g/mol. The van der Waals surface area contributed by atoms with Crippen molar-refractivity contribution in [3.05, 3.63) is 0 Å². The molecule has 0 aromatic heterocycles. The average Bonchev–Trinajstić information content (AvgIpc) is 2.92. The van der Waals surface area contributed by atoms with Crippen molar-refractivity contribution in [2.45, 2.75) is 55.5 Å². The lowest BCUT2D eigenvalue weighted by Gasteiger charge is -2.31. The van der Waals surface area contributed by atoms with Crippen LogP contribution in [0.25, 0.3) is 0 Å². The van der Waals surface area contributed by atoms with Crippen LogP contribution in [0.5, 0.6) is 0 Å². The Labute approximate surface area is 129 Å². The largest absolute Gasteiger partial charge is 0.480 e. The standard InChI is InChI=1S/C14H24N2O4S/c1-20-10-7-12(13(17)18)16(8-10)14(19)15-9-4-3-5-11(6-9)21-2/h9-12H,3-8H2,1-2H3,(H,15,19)(H,17,18). The van der Waals surface area contributed by atoms with E-state index in [1.165, 1.54) is 11.3 Å². The van der Waals surface area contributed by atoms with E-state index in [0.717, 1.165) is 19.3 Å². The molecule has 2 N–H and O–H groups in total. The van der Waals surface area contributed by atoms with E-state index in [1.807, 2.05) is 11.8 Å². The van der Waals surface area contributed by atoms with Crippen LogP contribution >= 0.6 is 11.8 Å². The van der Waals surface area contributed by atoms with Crippen molar-refractivity contribution in [3.8, 4) is 0 Å². The Morgan fingerprint density at radius 1 is 1.33 bits per heavy atom. The second-order valence-corrected chi connectivity index (χ2v) is 6.91. The van der Waals surface area contributed by atoms with E-state index in [1.54, 1.807) is 7.11 Å². The first kappa shape index (κ1) is 16.4. The summed E-state index contributed by atoms with van der Waals surface area (Å²) in [5.74, 6) is -0.963. The van der Waals surface area contributed by atoms with Gasteiger partial charge in [-0.05, 0) is 25.5 Å². The number of carbonyl (C=O) groups is 2. The maximum Gasteiger partial charge on any atom is 0.326 e. The van der Waals surface area contributed by atoms with E-state index in [4.69, 9.17) is 4.74 Å². The molecule has 1 saturated carbocycles. The molecule has 2 rings (SSSR count). The maximum absolute atomic E-state index is 12.4. The number of carboxylic acids is 1. The lowest BCUT2D eigenvalue weighted by Crippen LogP contribution is -2.50. The normalized spacial score (nSPS) is 33.0. The summed E-state index contributed by atoms with van der Waals surface area (Å²) in [5, 5.41) is 12.8. The number of thioether (sulfide) groups is 1. The van der Waals surface area contributed by atoms with Crippen LogP contribution in [0.15, 0.2) is 0 Å². The highest BCUT2D eigenvalue weighted by molar-refractivity contribution is 7.99. The van der Waals surface area contributed by atoms with Gasteiger partial charge in [0.05, 0.1) is 6.10 Å². The van der Waals surface area contributed by atoms with Crippen molar-refractivity contribution in [2.24, 2.45) is 0 Å². The monoisotopic (exact) mass is 316 g/mol. The lowest BCUT2D eigenvalue weighted by molar-refractivity contribution is -0.141. The van der Waals surface area contributed by atoms with E-state index in [9.17, 15) is 14.7 Å². The zero-order valence-electron chi connectivity index (χ0n) is 12.6. The molecule has 1 heterocycles. The van der Waals surface area contributed by atoms with Gasteiger partial charge in [-0.15, -0.1) is 0 Å². The molecule has 0 aromatic rings. The van der Waals surface area contributed by atoms with Gasteiger partial charge in [0.2, 0.25) is 0 Å². The van der Waals surface area contributed by atoms with Crippen LogP contribution in [0.3, 0.4) is 0 Å². The molecular formula is C14H24N2O4S. The third-order valence-electron chi connectivity index (χ3n) is 4.43. The SMILES string of the molecule is COC1CC(C(=O)O)N(C(=O)NC2CCCC(SC)C2)C1. The number of nitrogens with one attached hydrogen (secondary N) is 1. The molecule has 21 heavy (non-hydrogen) atoms. The molecule has 6 nitrogen and oxygen atoms in total. The summed E-state index contributed by atoms with van der Waals surface area (Å²) in [6.45, 7) is 0.345. The van der Waals surface area contributed by atoms with Gasteiger partial charge in [-0.3, -0.25) is 0 Å². The van der Waals surface area contributed by atoms with Crippen LogP contribution < -0.4 is 5.32 Å². The molecule has 4 atom stereocenters. The molecule has 2 fully saturated rings. The average molecular weight is 316 g/mol. The van der Waals surface area contributed by atoms with E-state index in [-0.39, 0.29) is 18.2 Å². The summed E-state index contributed by atoms with van der Waals surface area (Å²) in [6.07, 6.45) is 6.51. The molecule has 0 spiro atoms. The molecule has 4 unspecified atom stereocenters. The summed E-state index contributed by atoms with van der Waals surface area (Å²) in [6, 6.07) is -0.900. The number of methoxy groups -OCH3 is 1. The van der Waals surface area contributed by atoms with Crippen molar-refractivity contribution in [1.82, 2.24) is 10.2 Å². The molecule has 0 aromatic carbocycles. The number of hydrogen-bond acceptors (Lipinski definition) is 4. The van der Waals surface area contributed by atoms with E-state index < -0.39 is 12.0 Å². The van der Waals surface area contributed by atoms with Crippen molar-refractivity contribution in [1.29, 1.82) is 0 Å². The van der Waals surface area contributed by atoms with Gasteiger partial charge in [-0.1, -0.05) is 6.42 Å². The molecule has 1 aliphatic carbocycles. The minimum Gasteiger partial charge on any atom is -0.480 e. The summed E-state index contributed by atoms with van der Waals surface area (Å²) >= 11 is 1.84. The van der Waals surface area contributed by atoms with Crippen LogP contribution in [-0.2, 0) is 9.53 Å². The highest BCUT2D eigenvalue weighted by atomic mass is 32.2. The first-order chi connectivity index (χ1) is 10.0. The van der Waals surface area contributed by atoms with Crippen molar-refractivity contribution < 1.29 is 19.4 Å². The number of carboxylic acid groups (broad SMARTS) is 1. The van der Waals surface area contributed by atoms with Crippen molar-refractivity contribution in [3.63, 3.8) is 0 Å². The summed E-state index contributed by atoms with van der Waals surface area (Å²) in [7, 11) is 1.55. The van der Waals surface area contributed by atoms with Crippen LogP contribution in [-0.4, -0.2) is 65.4 Å². The first-order valence-electron chi connectivity index (χ1n) is 7.40. The molecule has 120 valence electrons. The fourth-order valence-corrected chi connectivity index (χ4v) is 4.00. The van der Waals surface area contributed by atoms with Gasteiger partial charge in [0.1, 0.15) is 6.04 Å². The first-order valence-corrected chi connectivity index (χ1v) is 8.69. The van der Waals surface area contributed by atoms with Gasteiger partial charge in [0, 0.05) is 31.4 Å². The van der Waals surface area contributed by atoms with Crippen LogP contribution in [0.1, 0.15) is 32.1 Å². The number of rotatable bonds is 4. The number of aliphatic carboxylic acids is 1. The van der Waals surface area contributed by atoms with Gasteiger partial charge in [-0.25, -0.2) is 9.59 Å². The van der Waals surface area contributed by atoms with Crippen LogP contribution in [0.4, 0.5) is 4.79 Å². The Bertz CT molecular complexity index is 393. The van der Waals surface area contributed by atoms with Gasteiger partial charge in [0.15, 0.2) is 0 Å². The second-order valence-electron chi connectivity index (χ2n) is 5.77. The van der Waals surface area contributed by atoms with Crippen molar-refractivity contribution in [2.75, 3.05) is 19.9 Å². The Kier molecular flexibility index (Phi) is 5.75. The smallest absolute Gasteiger partial charge is 0.326 e. The van der Waals surface area contributed by atoms with Crippen LogP contribution in [0.2, 0.25) is 0 Å². The third kappa shape index (κ3) is 4.03. The number of urea groups is 1. The highest BCUT2D eigenvalue weighted by Crippen LogP contribution is 2.27. The number of nitrogens with zero attached hydrogens (tertiary/aromatic N) is 1. The topological polar surface area (TPSA) is 78.9 Å². The zero-order valence-corrected chi connectivity index (χ0v) is 13.4. The highest BCUT2D eigenvalue weighted by Gasteiger charge is 2.40. The molecule has 1 aliphatic heterocycles. The van der Waals surface area contributed by atoms with Gasteiger partial charge in [-0.2, -0.15) is 11.8 Å². The lowest BCUT2D eigenvalue weighted by atomic mass is 9.95. The Hall–Kier alpha value is -0.950. The van der Waals surface area contributed by atoms with Gasteiger partial charge < -0.3 is 20.1 Å². The quantitative estimate of drug-likeness (QED) is 0.822. The molecule has 0 bridgehead atoms. The second kappa shape index (κ2) is 7.35. The number of hydrogen-bond donors (Lipinski definition) is 2. The van der Waals surface area contributed by atoms with Gasteiger partial charge >= 0.3 is 12.0 Å². The number of carbonyl (C=O) groups excluding carboxylic acids is 1. The molecule has 0 radical (unpaired) electrons. The minimum absolute atomic E-state index is 0.153. The van der Waals surface area contributed by atoms with Gasteiger partial charge in [0.25, 0.3) is 0 Å². The fraction of sp³-hybridized carbons (Fsp3) is 0.857. The summed E-state index contributed by atoms with van der Waals surface area (Å²) in [5.41, 5.74) is 0. The summed E-state index contributed by atoms with van der Waals surface area (Å²) in [4.78, 5) is 25.1. The molecule has 2 amide bonds. The predicted molar refractivity (Wildman–Crippen MR) is 81.6 cm³/mol. The molecule has 1 saturated heterocycles. The summed E-state index contributed by atoms with van der Waals surface area (Å²) < 4.78 is 5.21. The molecule has 2 aliphatic rings. The van der Waals surface area contributed by atoms with Crippen LogP contribution in [0, 0.1) is 0 Å². The Morgan fingerprint density at radius 3 is 2.71 bits per heavy atom. The predicted octanol–water partition coefficient (Wildman–Crippen LogP) is 1.54. The maximum atomic E-state index is 12.4. The third-order valence-corrected chi connectivity index (χ3v) is 5.52. The van der Waals surface area contributed by atoms with E-state index >= 15 is 0 Å². The Morgan fingerprint density at radius 2 is 2.10 bits per heavy atom. The Balaban J connectivity index is 1.93. The minimum atomic E-state index is -0.963. The number of ether oxygens (including phenoxy) is 1. The number of amides is 2. The van der Waals surface area contributed by atoms with Crippen molar-refractivity contribution >= 4 is 23.8 Å². The van der Waals surface area contributed by atoms with E-state index in [2.05, 4.69) is 11.6 Å². The number of likely N-dealkylation sites (tertiary alicyclic amines) is 1.